The predicted molar refractivity (Wildman–Crippen MR) is 67.1 cm³/mol. The number of anilines is 1. The van der Waals surface area contributed by atoms with Crippen LogP contribution in [0.4, 0.5) is 5.69 Å². The molecule has 0 aliphatic heterocycles. The van der Waals surface area contributed by atoms with E-state index in [0.717, 1.165) is 12.8 Å². The number of amides is 1. The third-order valence-electron chi connectivity index (χ3n) is 3.42. The first kappa shape index (κ1) is 11.8. The molecule has 0 spiro atoms. The van der Waals surface area contributed by atoms with Crippen LogP contribution >= 0.6 is 0 Å². The Hall–Kier alpha value is -1.71. The van der Waals surface area contributed by atoms with Gasteiger partial charge in [-0.1, -0.05) is 0 Å². The topological polar surface area (TPSA) is 55.6 Å². The van der Waals surface area contributed by atoms with Gasteiger partial charge in [-0.05, 0) is 37.5 Å². The summed E-state index contributed by atoms with van der Waals surface area (Å²) in [4.78, 5) is 14.0. The normalized spacial score (nSPS) is 15.2. The summed E-state index contributed by atoms with van der Waals surface area (Å²) in [6.45, 7) is 0. The van der Waals surface area contributed by atoms with E-state index >= 15 is 0 Å². The number of nitrogens with zero attached hydrogens (tertiary/aromatic N) is 1. The summed E-state index contributed by atoms with van der Waals surface area (Å²) < 4.78 is 5.12. The van der Waals surface area contributed by atoms with Crippen LogP contribution in [0.15, 0.2) is 18.2 Å². The highest BCUT2D eigenvalue weighted by Crippen LogP contribution is 2.27. The number of hydrogen-bond donors (Lipinski definition) is 1. The zero-order chi connectivity index (χ0) is 12.4. The molecule has 0 radical (unpaired) electrons. The highest BCUT2D eigenvalue weighted by molar-refractivity contribution is 5.95. The lowest BCUT2D eigenvalue weighted by molar-refractivity contribution is 0.0651. The van der Waals surface area contributed by atoms with Gasteiger partial charge in [-0.25, -0.2) is 0 Å². The van der Waals surface area contributed by atoms with Crippen molar-refractivity contribution < 1.29 is 9.53 Å². The molecular formula is C13H18N2O2. The van der Waals surface area contributed by atoms with Crippen LogP contribution in [0.1, 0.15) is 29.6 Å². The number of nitrogens with two attached hydrogens (primary N) is 1. The smallest absolute Gasteiger partial charge is 0.253 e. The minimum atomic E-state index is 0.0352. The first-order valence-corrected chi connectivity index (χ1v) is 5.84. The lowest BCUT2D eigenvalue weighted by Gasteiger charge is -2.34. The van der Waals surface area contributed by atoms with E-state index in [1.54, 1.807) is 25.3 Å². The van der Waals surface area contributed by atoms with Crippen LogP contribution in [0.25, 0.3) is 0 Å². The van der Waals surface area contributed by atoms with Crippen molar-refractivity contribution in [2.45, 2.75) is 25.3 Å². The number of carbonyl (C=O) groups excluding carboxylic acids is 1. The molecular weight excluding hydrogens is 216 g/mol. The Morgan fingerprint density at radius 1 is 1.47 bits per heavy atom. The Labute approximate surface area is 101 Å². The fraction of sp³-hybridized carbons (Fsp3) is 0.462. The van der Waals surface area contributed by atoms with Crippen LogP contribution in [0.3, 0.4) is 0 Å². The van der Waals surface area contributed by atoms with Gasteiger partial charge >= 0.3 is 0 Å². The molecule has 92 valence electrons. The summed E-state index contributed by atoms with van der Waals surface area (Å²) in [5, 5.41) is 0. The highest BCUT2D eigenvalue weighted by atomic mass is 16.5. The van der Waals surface area contributed by atoms with Crippen molar-refractivity contribution in [2.24, 2.45) is 0 Å². The fourth-order valence-electron chi connectivity index (χ4n) is 1.99. The van der Waals surface area contributed by atoms with Gasteiger partial charge in [0.05, 0.1) is 12.8 Å². The number of nitrogen functional groups attached to an aromatic ring is 1. The molecule has 2 rings (SSSR count). The van der Waals surface area contributed by atoms with Crippen LogP contribution in [0.2, 0.25) is 0 Å². The monoisotopic (exact) mass is 234 g/mol. The zero-order valence-corrected chi connectivity index (χ0v) is 10.3. The Morgan fingerprint density at radius 3 is 2.71 bits per heavy atom. The maximum absolute atomic E-state index is 12.2. The predicted octanol–water partition coefficient (Wildman–Crippen LogP) is 1.90. The molecule has 4 nitrogen and oxygen atoms in total. The first-order chi connectivity index (χ1) is 8.13. The van der Waals surface area contributed by atoms with Crippen LogP contribution in [-0.4, -0.2) is 31.0 Å². The SMILES string of the molecule is COc1cc(C(=O)N(C)C2CCC2)ccc1N. The van der Waals surface area contributed by atoms with Crippen molar-refractivity contribution in [1.82, 2.24) is 4.90 Å². The van der Waals surface area contributed by atoms with E-state index in [0.29, 0.717) is 23.0 Å². The second kappa shape index (κ2) is 4.65. The molecule has 0 atom stereocenters. The second-order valence-electron chi connectivity index (χ2n) is 4.46. The van der Waals surface area contributed by atoms with Crippen molar-refractivity contribution in [3.8, 4) is 5.75 Å². The molecule has 0 heterocycles. The molecule has 0 unspecified atom stereocenters. The molecule has 1 aliphatic rings. The van der Waals surface area contributed by atoms with Crippen molar-refractivity contribution in [1.29, 1.82) is 0 Å². The summed E-state index contributed by atoms with van der Waals surface area (Å²) in [7, 11) is 3.41. The summed E-state index contributed by atoms with van der Waals surface area (Å²) in [5.74, 6) is 0.589. The van der Waals surface area contributed by atoms with Crippen LogP contribution in [0.5, 0.6) is 5.75 Å². The minimum absolute atomic E-state index is 0.0352. The van der Waals surface area contributed by atoms with E-state index < -0.39 is 0 Å². The molecule has 1 aliphatic carbocycles. The zero-order valence-electron chi connectivity index (χ0n) is 10.3. The number of hydrogen-bond acceptors (Lipinski definition) is 3. The largest absolute Gasteiger partial charge is 0.495 e. The Balaban J connectivity index is 2.18. The van der Waals surface area contributed by atoms with Crippen molar-refractivity contribution in [3.05, 3.63) is 23.8 Å². The maximum Gasteiger partial charge on any atom is 0.253 e. The van der Waals surface area contributed by atoms with E-state index in [-0.39, 0.29) is 5.91 Å². The van der Waals surface area contributed by atoms with Gasteiger partial charge in [0.15, 0.2) is 0 Å². The highest BCUT2D eigenvalue weighted by Gasteiger charge is 2.26. The van der Waals surface area contributed by atoms with Gasteiger partial charge in [-0.15, -0.1) is 0 Å². The van der Waals surface area contributed by atoms with Crippen molar-refractivity contribution >= 4 is 11.6 Å². The number of ether oxygens (including phenoxy) is 1. The quantitative estimate of drug-likeness (QED) is 0.813. The van der Waals surface area contributed by atoms with Gasteiger partial charge in [0, 0.05) is 18.7 Å². The molecule has 17 heavy (non-hydrogen) atoms. The van der Waals surface area contributed by atoms with Gasteiger partial charge in [-0.3, -0.25) is 4.79 Å². The average Bonchev–Trinajstić information content (AvgIpc) is 2.26. The number of methoxy groups -OCH3 is 1. The van der Waals surface area contributed by atoms with Gasteiger partial charge in [0.1, 0.15) is 5.75 Å². The number of benzene rings is 1. The van der Waals surface area contributed by atoms with Crippen LogP contribution < -0.4 is 10.5 Å². The van der Waals surface area contributed by atoms with Crippen molar-refractivity contribution in [2.75, 3.05) is 19.9 Å². The summed E-state index contributed by atoms with van der Waals surface area (Å²) in [6, 6.07) is 5.55. The Bertz CT molecular complexity index is 427. The van der Waals surface area contributed by atoms with Gasteiger partial charge in [-0.2, -0.15) is 0 Å². The van der Waals surface area contributed by atoms with Crippen LogP contribution in [-0.2, 0) is 0 Å². The van der Waals surface area contributed by atoms with E-state index in [9.17, 15) is 4.79 Å². The number of carbonyl (C=O) groups is 1. The molecule has 1 aromatic rings. The van der Waals surface area contributed by atoms with E-state index in [1.807, 2.05) is 11.9 Å². The summed E-state index contributed by atoms with van der Waals surface area (Å²) >= 11 is 0. The molecule has 0 saturated heterocycles. The molecule has 0 bridgehead atoms. The minimum Gasteiger partial charge on any atom is -0.495 e. The van der Waals surface area contributed by atoms with Gasteiger partial charge < -0.3 is 15.4 Å². The number of rotatable bonds is 3. The lowest BCUT2D eigenvalue weighted by Crippen LogP contribution is -2.41. The molecule has 1 amide bonds. The standard InChI is InChI=1S/C13H18N2O2/c1-15(10-4-3-5-10)13(16)9-6-7-11(14)12(8-9)17-2/h6-8,10H,3-5,14H2,1-2H3. The first-order valence-electron chi connectivity index (χ1n) is 5.84. The van der Waals surface area contributed by atoms with E-state index in [4.69, 9.17) is 10.5 Å². The molecule has 1 fully saturated rings. The van der Waals surface area contributed by atoms with Gasteiger partial charge in [0.25, 0.3) is 5.91 Å². The fourth-order valence-corrected chi connectivity index (χ4v) is 1.99. The lowest BCUT2D eigenvalue weighted by atomic mass is 9.91. The average molecular weight is 234 g/mol. The molecule has 0 aromatic heterocycles. The van der Waals surface area contributed by atoms with Gasteiger partial charge in [0.2, 0.25) is 0 Å². The second-order valence-corrected chi connectivity index (χ2v) is 4.46. The Kier molecular flexibility index (Phi) is 3.22. The summed E-state index contributed by atoms with van der Waals surface area (Å²) in [6.07, 6.45) is 3.43. The molecule has 1 aromatic carbocycles. The molecule has 2 N–H and O–H groups in total. The van der Waals surface area contributed by atoms with E-state index in [1.165, 1.54) is 6.42 Å². The third kappa shape index (κ3) is 2.20. The van der Waals surface area contributed by atoms with Crippen LogP contribution in [0, 0.1) is 0 Å². The molecule has 1 saturated carbocycles. The maximum atomic E-state index is 12.2. The third-order valence-corrected chi connectivity index (χ3v) is 3.42. The Morgan fingerprint density at radius 2 is 2.18 bits per heavy atom. The molecule has 4 heteroatoms. The summed E-state index contributed by atoms with van der Waals surface area (Å²) in [5.41, 5.74) is 6.90. The van der Waals surface area contributed by atoms with E-state index in [2.05, 4.69) is 0 Å². The van der Waals surface area contributed by atoms with Crippen molar-refractivity contribution in [3.63, 3.8) is 0 Å².